The zero-order valence-electron chi connectivity index (χ0n) is 5.48. The molecule has 0 saturated carbocycles. The summed E-state index contributed by atoms with van der Waals surface area (Å²) in [5, 5.41) is 17.3. The van der Waals surface area contributed by atoms with Gasteiger partial charge in [0.1, 0.15) is 0 Å². The van der Waals surface area contributed by atoms with Crippen molar-refractivity contribution < 1.29 is 14.6 Å². The Morgan fingerprint density at radius 3 is 3.00 bits per heavy atom. The fourth-order valence-electron chi connectivity index (χ4n) is 0.488. The topological polar surface area (TPSA) is 80.7 Å². The molecule has 60 valence electrons. The molecular weight excluding hydrogens is 174 g/mol. The summed E-state index contributed by atoms with van der Waals surface area (Å²) in [6.07, 6.45) is 0. The van der Waals surface area contributed by atoms with Gasteiger partial charge in [-0.15, -0.1) is 0 Å². The summed E-state index contributed by atoms with van der Waals surface area (Å²) >= 11 is 5.37. The third kappa shape index (κ3) is 1.40. The largest absolute Gasteiger partial charge is 0.477 e. The second-order valence-corrected chi connectivity index (χ2v) is 1.87. The molecule has 0 saturated heterocycles. The Morgan fingerprint density at radius 2 is 2.45 bits per heavy atom. The first-order chi connectivity index (χ1) is 5.29. The van der Waals surface area contributed by atoms with Crippen LogP contribution >= 0.6 is 11.6 Å². The van der Waals surface area contributed by atoms with Gasteiger partial charge in [0, 0.05) is 0 Å². The predicted octanol–water partition coefficient (Wildman–Crippen LogP) is 0.453. The predicted molar refractivity (Wildman–Crippen MR) is 35.0 cm³/mol. The first kappa shape index (κ1) is 7.80. The number of nitrogens with zero attached hydrogens (tertiary/aromatic N) is 3. The van der Waals surface area contributed by atoms with Crippen LogP contribution in [-0.2, 0) is 0 Å². The first-order valence-corrected chi connectivity index (χ1v) is 2.92. The minimum absolute atomic E-state index is 0.0664. The molecule has 0 aliphatic heterocycles. The molecule has 0 bridgehead atoms. The molecule has 0 fully saturated rings. The average molecular weight is 178 g/mol. The molecule has 0 amide bonds. The van der Waals surface area contributed by atoms with Crippen LogP contribution in [0.25, 0.3) is 0 Å². The van der Waals surface area contributed by atoms with E-state index in [0.29, 0.717) is 0 Å². The average Bonchev–Trinajstić information content (AvgIpc) is 2.50. The number of oxime groups is 1. The molecular formula is C4H4ClN3O3. The highest BCUT2D eigenvalue weighted by molar-refractivity contribution is 6.69. The Labute approximate surface area is 66.4 Å². The van der Waals surface area contributed by atoms with Gasteiger partial charge in [0.2, 0.25) is 10.9 Å². The van der Waals surface area contributed by atoms with Crippen LogP contribution in [0.5, 0.6) is 5.88 Å². The number of hydrogen-bond donors (Lipinski definition) is 1. The SMILES string of the molecule is COc1nonc1/C(Cl)=N/O. The second kappa shape index (κ2) is 3.20. The minimum atomic E-state index is -0.233. The summed E-state index contributed by atoms with van der Waals surface area (Å²) < 4.78 is 8.92. The molecule has 0 unspecified atom stereocenters. The molecule has 7 heteroatoms. The van der Waals surface area contributed by atoms with Crippen LogP contribution in [0.4, 0.5) is 0 Å². The maximum atomic E-state index is 8.22. The van der Waals surface area contributed by atoms with E-state index in [9.17, 15) is 0 Å². The van der Waals surface area contributed by atoms with Gasteiger partial charge in [-0.05, 0) is 10.3 Å². The van der Waals surface area contributed by atoms with Crippen molar-refractivity contribution in [2.75, 3.05) is 7.11 Å². The van der Waals surface area contributed by atoms with Gasteiger partial charge in [-0.25, -0.2) is 4.63 Å². The highest BCUT2D eigenvalue weighted by atomic mass is 35.5. The van der Waals surface area contributed by atoms with Gasteiger partial charge in [-0.1, -0.05) is 16.8 Å². The Morgan fingerprint density at radius 1 is 1.73 bits per heavy atom. The number of rotatable bonds is 2. The monoisotopic (exact) mass is 177 g/mol. The quantitative estimate of drug-likeness (QED) is 0.403. The third-order valence-corrected chi connectivity index (χ3v) is 1.19. The summed E-state index contributed by atoms with van der Waals surface area (Å²) in [4.78, 5) is 0. The van der Waals surface area contributed by atoms with Crippen molar-refractivity contribution in [2.45, 2.75) is 0 Å². The fraction of sp³-hybridized carbons (Fsp3) is 0.250. The molecule has 1 aromatic heterocycles. The smallest absolute Gasteiger partial charge is 0.286 e. The van der Waals surface area contributed by atoms with Crippen molar-refractivity contribution in [3.05, 3.63) is 5.69 Å². The first-order valence-electron chi connectivity index (χ1n) is 2.54. The molecule has 1 heterocycles. The Hall–Kier alpha value is -1.30. The highest BCUT2D eigenvalue weighted by Crippen LogP contribution is 2.14. The third-order valence-electron chi connectivity index (χ3n) is 0.935. The zero-order chi connectivity index (χ0) is 8.27. The van der Waals surface area contributed by atoms with E-state index >= 15 is 0 Å². The van der Waals surface area contributed by atoms with E-state index in [1.807, 2.05) is 0 Å². The van der Waals surface area contributed by atoms with Gasteiger partial charge in [-0.2, -0.15) is 0 Å². The molecule has 1 aromatic rings. The van der Waals surface area contributed by atoms with Crippen LogP contribution in [0.1, 0.15) is 5.69 Å². The number of aromatic nitrogens is 2. The summed E-state index contributed by atoms with van der Waals surface area (Å²) in [5.74, 6) is 0.0767. The molecule has 0 aromatic carbocycles. The van der Waals surface area contributed by atoms with Crippen molar-refractivity contribution in [1.82, 2.24) is 10.3 Å². The molecule has 0 radical (unpaired) electrons. The summed E-state index contributed by atoms with van der Waals surface area (Å²) in [6, 6.07) is 0. The van der Waals surface area contributed by atoms with Crippen molar-refractivity contribution in [1.29, 1.82) is 0 Å². The standard InChI is InChI=1S/C4H4ClN3O3/c1-10-4-2(3(5)6-9)7-11-8-4/h9H,1H3/b6-3-. The van der Waals surface area contributed by atoms with Crippen LogP contribution in [0.3, 0.4) is 0 Å². The van der Waals surface area contributed by atoms with Crippen molar-refractivity contribution in [3.63, 3.8) is 0 Å². The maximum Gasteiger partial charge on any atom is 0.286 e. The number of ether oxygens (including phenoxy) is 1. The lowest BCUT2D eigenvalue weighted by atomic mass is 10.5. The van der Waals surface area contributed by atoms with Gasteiger partial charge in [0.15, 0.2) is 0 Å². The van der Waals surface area contributed by atoms with Crippen LogP contribution in [-0.4, -0.2) is 27.8 Å². The fourth-order valence-corrected chi connectivity index (χ4v) is 0.603. The molecule has 6 nitrogen and oxygen atoms in total. The molecule has 1 rings (SSSR count). The number of hydrogen-bond acceptors (Lipinski definition) is 6. The van der Waals surface area contributed by atoms with E-state index in [1.165, 1.54) is 7.11 Å². The van der Waals surface area contributed by atoms with Gasteiger partial charge in [0.05, 0.1) is 7.11 Å². The van der Waals surface area contributed by atoms with Crippen LogP contribution < -0.4 is 4.74 Å². The Balaban J connectivity index is 3.02. The van der Waals surface area contributed by atoms with Crippen LogP contribution in [0.15, 0.2) is 9.78 Å². The van der Waals surface area contributed by atoms with E-state index in [-0.39, 0.29) is 16.7 Å². The van der Waals surface area contributed by atoms with Crippen molar-refractivity contribution in [2.24, 2.45) is 5.16 Å². The molecule has 11 heavy (non-hydrogen) atoms. The molecule has 0 aliphatic carbocycles. The minimum Gasteiger partial charge on any atom is -0.477 e. The number of halogens is 1. The number of methoxy groups -OCH3 is 1. The van der Waals surface area contributed by atoms with Crippen LogP contribution in [0, 0.1) is 0 Å². The van der Waals surface area contributed by atoms with Crippen LogP contribution in [0.2, 0.25) is 0 Å². The van der Waals surface area contributed by atoms with Gasteiger partial charge < -0.3 is 9.94 Å². The lowest BCUT2D eigenvalue weighted by molar-refractivity contribution is 0.281. The van der Waals surface area contributed by atoms with Gasteiger partial charge in [-0.3, -0.25) is 0 Å². The Kier molecular flexibility index (Phi) is 2.27. The van der Waals surface area contributed by atoms with E-state index in [0.717, 1.165) is 0 Å². The van der Waals surface area contributed by atoms with E-state index < -0.39 is 0 Å². The lowest BCUT2D eigenvalue weighted by Gasteiger charge is -1.90. The van der Waals surface area contributed by atoms with Crippen molar-refractivity contribution in [3.8, 4) is 5.88 Å². The molecule has 0 aliphatic rings. The molecule has 1 N–H and O–H groups in total. The molecule has 0 spiro atoms. The lowest BCUT2D eigenvalue weighted by Crippen LogP contribution is -1.95. The highest BCUT2D eigenvalue weighted by Gasteiger charge is 2.15. The second-order valence-electron chi connectivity index (χ2n) is 1.51. The normalized spacial score (nSPS) is 11.6. The summed E-state index contributed by atoms with van der Waals surface area (Å²) in [7, 11) is 1.37. The van der Waals surface area contributed by atoms with Gasteiger partial charge >= 0.3 is 0 Å². The zero-order valence-corrected chi connectivity index (χ0v) is 6.24. The Bertz CT molecular complexity index is 271. The van der Waals surface area contributed by atoms with E-state index in [2.05, 4.69) is 24.8 Å². The van der Waals surface area contributed by atoms with E-state index in [4.69, 9.17) is 16.8 Å². The van der Waals surface area contributed by atoms with E-state index in [1.54, 1.807) is 0 Å². The molecule has 0 atom stereocenters. The maximum absolute atomic E-state index is 8.22. The summed E-state index contributed by atoms with van der Waals surface area (Å²) in [6.45, 7) is 0. The van der Waals surface area contributed by atoms with Crippen molar-refractivity contribution >= 4 is 16.8 Å². The summed E-state index contributed by atoms with van der Waals surface area (Å²) in [5.41, 5.74) is 0.0664. The van der Waals surface area contributed by atoms with Gasteiger partial charge in [0.25, 0.3) is 5.88 Å².